The number of esters is 1. The number of methoxy groups -OCH3 is 2. The number of aromatic nitrogens is 1. The topological polar surface area (TPSA) is 74.7 Å². The van der Waals surface area contributed by atoms with Crippen LogP contribution in [-0.2, 0) is 22.1 Å². The Kier molecular flexibility index (Phi) is 6.43. The molecule has 0 bridgehead atoms. The maximum absolute atomic E-state index is 12.2. The van der Waals surface area contributed by atoms with Crippen LogP contribution in [0.3, 0.4) is 0 Å². The van der Waals surface area contributed by atoms with Crippen LogP contribution in [0.15, 0.2) is 52.7 Å². The highest BCUT2D eigenvalue weighted by molar-refractivity contribution is 7.84. The van der Waals surface area contributed by atoms with Gasteiger partial charge in [0.25, 0.3) is 0 Å². The van der Waals surface area contributed by atoms with Gasteiger partial charge >= 0.3 is 5.97 Å². The zero-order valence-corrected chi connectivity index (χ0v) is 17.3. The number of benzene rings is 2. The van der Waals surface area contributed by atoms with Crippen LogP contribution in [-0.4, -0.2) is 35.6 Å². The molecule has 3 aromatic rings. The monoisotopic (exact) mass is 417 g/mol. The number of thiazole rings is 1. The lowest BCUT2D eigenvalue weighted by Gasteiger charge is -2.08. The van der Waals surface area contributed by atoms with E-state index in [2.05, 4.69) is 4.98 Å². The van der Waals surface area contributed by atoms with Crippen molar-refractivity contribution in [1.82, 2.24) is 4.98 Å². The number of ether oxygens (including phenoxy) is 3. The lowest BCUT2D eigenvalue weighted by Crippen LogP contribution is -2.05. The van der Waals surface area contributed by atoms with Crippen molar-refractivity contribution in [3.8, 4) is 22.1 Å². The van der Waals surface area contributed by atoms with Crippen LogP contribution >= 0.6 is 11.3 Å². The summed E-state index contributed by atoms with van der Waals surface area (Å²) < 4.78 is 27.3. The summed E-state index contributed by atoms with van der Waals surface area (Å²) in [6, 6.07) is 12.1. The Morgan fingerprint density at radius 1 is 1.07 bits per heavy atom. The van der Waals surface area contributed by atoms with Gasteiger partial charge in [0.2, 0.25) is 0 Å². The van der Waals surface area contributed by atoms with Gasteiger partial charge in [0.1, 0.15) is 11.6 Å². The van der Waals surface area contributed by atoms with Gasteiger partial charge in [-0.1, -0.05) is 0 Å². The lowest BCUT2D eigenvalue weighted by atomic mass is 10.2. The van der Waals surface area contributed by atoms with Gasteiger partial charge in [-0.25, -0.2) is 9.78 Å². The maximum atomic E-state index is 12.2. The van der Waals surface area contributed by atoms with Gasteiger partial charge in [-0.3, -0.25) is 4.21 Å². The molecule has 0 spiro atoms. The largest absolute Gasteiger partial charge is 0.493 e. The molecule has 0 aliphatic heterocycles. The van der Waals surface area contributed by atoms with Crippen molar-refractivity contribution in [2.45, 2.75) is 11.5 Å². The molecule has 0 saturated heterocycles. The van der Waals surface area contributed by atoms with E-state index in [-0.39, 0.29) is 6.61 Å². The Balaban J connectivity index is 1.66. The molecule has 0 fully saturated rings. The van der Waals surface area contributed by atoms with Crippen molar-refractivity contribution in [1.29, 1.82) is 0 Å². The molecule has 3 rings (SSSR count). The van der Waals surface area contributed by atoms with Gasteiger partial charge < -0.3 is 14.2 Å². The SMILES string of the molecule is COc1ccc(-c2nc(COC(=O)c3ccc(S(C)=O)cc3)cs2)cc1OC. The van der Waals surface area contributed by atoms with Crippen molar-refractivity contribution >= 4 is 28.1 Å². The highest BCUT2D eigenvalue weighted by atomic mass is 32.2. The van der Waals surface area contributed by atoms with Gasteiger partial charge in [-0.15, -0.1) is 11.3 Å². The van der Waals surface area contributed by atoms with E-state index in [9.17, 15) is 9.00 Å². The minimum Gasteiger partial charge on any atom is -0.493 e. The quantitative estimate of drug-likeness (QED) is 0.543. The van der Waals surface area contributed by atoms with E-state index in [1.165, 1.54) is 11.3 Å². The zero-order valence-electron chi connectivity index (χ0n) is 15.6. The molecule has 2 aromatic carbocycles. The molecule has 28 heavy (non-hydrogen) atoms. The average Bonchev–Trinajstić information content (AvgIpc) is 3.20. The number of nitrogens with zero attached hydrogens (tertiary/aromatic N) is 1. The van der Waals surface area contributed by atoms with E-state index in [1.807, 2.05) is 23.6 Å². The fourth-order valence-corrected chi connectivity index (χ4v) is 3.80. The van der Waals surface area contributed by atoms with Crippen molar-refractivity contribution in [3.63, 3.8) is 0 Å². The number of rotatable bonds is 7. The molecule has 1 atom stereocenters. The van der Waals surface area contributed by atoms with Crippen LogP contribution in [0.2, 0.25) is 0 Å². The first-order chi connectivity index (χ1) is 13.5. The molecule has 0 radical (unpaired) electrons. The third-order valence-electron chi connectivity index (χ3n) is 3.96. The molecule has 1 aromatic heterocycles. The molecule has 146 valence electrons. The summed E-state index contributed by atoms with van der Waals surface area (Å²) in [6.07, 6.45) is 1.59. The molecule has 0 N–H and O–H groups in total. The second kappa shape index (κ2) is 8.99. The van der Waals surface area contributed by atoms with Crippen LogP contribution in [0, 0.1) is 0 Å². The molecular weight excluding hydrogens is 398 g/mol. The second-order valence-corrected chi connectivity index (χ2v) is 8.01. The highest BCUT2D eigenvalue weighted by Gasteiger charge is 2.12. The summed E-state index contributed by atoms with van der Waals surface area (Å²) in [7, 11) is 2.09. The number of hydrogen-bond acceptors (Lipinski definition) is 7. The molecule has 0 amide bonds. The molecule has 0 aliphatic carbocycles. The summed E-state index contributed by atoms with van der Waals surface area (Å²) in [5.74, 6) is 0.823. The fourth-order valence-electron chi connectivity index (χ4n) is 2.48. The van der Waals surface area contributed by atoms with Crippen molar-refractivity contribution < 1.29 is 23.2 Å². The smallest absolute Gasteiger partial charge is 0.338 e. The molecule has 1 heterocycles. The Labute approximate surface area is 169 Å². The van der Waals surface area contributed by atoms with Gasteiger partial charge in [0.15, 0.2) is 11.5 Å². The average molecular weight is 418 g/mol. The van der Waals surface area contributed by atoms with Crippen LogP contribution in [0.25, 0.3) is 10.6 Å². The van der Waals surface area contributed by atoms with Crippen molar-refractivity contribution in [2.24, 2.45) is 0 Å². The fraction of sp³-hybridized carbons (Fsp3) is 0.200. The van der Waals surface area contributed by atoms with Crippen LogP contribution in [0.5, 0.6) is 11.5 Å². The Hall–Kier alpha value is -2.71. The molecule has 6 nitrogen and oxygen atoms in total. The van der Waals surface area contributed by atoms with Gasteiger partial charge in [-0.05, 0) is 42.5 Å². The van der Waals surface area contributed by atoms with Crippen LogP contribution < -0.4 is 9.47 Å². The molecule has 8 heteroatoms. The minimum atomic E-state index is -1.08. The van der Waals surface area contributed by atoms with Crippen molar-refractivity contribution in [2.75, 3.05) is 20.5 Å². The van der Waals surface area contributed by atoms with E-state index in [1.54, 1.807) is 44.7 Å². The zero-order chi connectivity index (χ0) is 20.1. The second-order valence-electron chi connectivity index (χ2n) is 5.77. The van der Waals surface area contributed by atoms with Gasteiger partial charge in [0, 0.05) is 32.9 Å². The Bertz CT molecular complexity index is 998. The first kappa shape index (κ1) is 20.0. The van der Waals surface area contributed by atoms with E-state index in [0.29, 0.717) is 27.7 Å². The van der Waals surface area contributed by atoms with E-state index < -0.39 is 16.8 Å². The lowest BCUT2D eigenvalue weighted by molar-refractivity contribution is 0.0468. The molecule has 0 aliphatic rings. The molecule has 0 saturated carbocycles. The van der Waals surface area contributed by atoms with Gasteiger partial charge in [0.05, 0.1) is 25.5 Å². The van der Waals surface area contributed by atoms with Crippen LogP contribution in [0.4, 0.5) is 0 Å². The maximum Gasteiger partial charge on any atom is 0.338 e. The predicted molar refractivity (Wildman–Crippen MR) is 109 cm³/mol. The summed E-state index contributed by atoms with van der Waals surface area (Å²) in [5, 5.41) is 2.64. The van der Waals surface area contributed by atoms with E-state index in [4.69, 9.17) is 14.2 Å². The molecular formula is C20H19NO5S2. The highest BCUT2D eigenvalue weighted by Crippen LogP contribution is 2.33. The third kappa shape index (κ3) is 4.58. The minimum absolute atomic E-state index is 0.0735. The number of hydrogen-bond donors (Lipinski definition) is 0. The summed E-state index contributed by atoms with van der Waals surface area (Å²) in [6.45, 7) is 0.0735. The summed E-state index contributed by atoms with van der Waals surface area (Å²) in [4.78, 5) is 17.4. The number of carbonyl (C=O) groups excluding carboxylic acids is 1. The predicted octanol–water partition coefficient (Wildman–Crippen LogP) is 3.92. The first-order valence-corrected chi connectivity index (χ1v) is 10.7. The normalized spacial score (nSPS) is 11.7. The van der Waals surface area contributed by atoms with Crippen LogP contribution in [0.1, 0.15) is 16.1 Å². The third-order valence-corrected chi connectivity index (χ3v) is 5.83. The summed E-state index contributed by atoms with van der Waals surface area (Å²) in [5.41, 5.74) is 1.96. The Morgan fingerprint density at radius 3 is 2.43 bits per heavy atom. The van der Waals surface area contributed by atoms with Gasteiger partial charge in [-0.2, -0.15) is 0 Å². The summed E-state index contributed by atoms with van der Waals surface area (Å²) >= 11 is 1.46. The van der Waals surface area contributed by atoms with E-state index >= 15 is 0 Å². The molecule has 1 unspecified atom stereocenters. The first-order valence-electron chi connectivity index (χ1n) is 8.29. The Morgan fingerprint density at radius 2 is 1.79 bits per heavy atom. The van der Waals surface area contributed by atoms with Crippen molar-refractivity contribution in [3.05, 3.63) is 59.1 Å². The standard InChI is InChI=1S/C20H19NO5S2/c1-24-17-9-6-14(10-18(17)25-2)19-21-15(12-27-19)11-26-20(22)13-4-7-16(8-5-13)28(3)23/h4-10,12H,11H2,1-3H3. The van der Waals surface area contributed by atoms with E-state index in [0.717, 1.165) is 10.6 Å². The number of carbonyl (C=O) groups is 1.